The summed E-state index contributed by atoms with van der Waals surface area (Å²) in [4.78, 5) is 4.30. The van der Waals surface area contributed by atoms with Crippen LogP contribution in [-0.4, -0.2) is 19.7 Å². The van der Waals surface area contributed by atoms with Crippen molar-refractivity contribution >= 4 is 35.0 Å². The van der Waals surface area contributed by atoms with Gasteiger partial charge in [0.2, 0.25) is 0 Å². The van der Waals surface area contributed by atoms with Crippen molar-refractivity contribution in [1.82, 2.24) is 19.7 Å². The van der Waals surface area contributed by atoms with E-state index >= 15 is 0 Å². The van der Waals surface area contributed by atoms with E-state index in [1.807, 2.05) is 41.9 Å². The number of benzene rings is 1. The Hall–Kier alpha value is -1.56. The van der Waals surface area contributed by atoms with Crippen LogP contribution in [0.15, 0.2) is 47.8 Å². The Balaban J connectivity index is 1.76. The van der Waals surface area contributed by atoms with Crippen molar-refractivity contribution in [3.05, 3.63) is 58.2 Å². The zero-order valence-corrected chi connectivity index (χ0v) is 14.0. The molecule has 0 bridgehead atoms. The van der Waals surface area contributed by atoms with E-state index in [1.54, 1.807) is 24.0 Å². The van der Waals surface area contributed by atoms with Crippen molar-refractivity contribution in [1.29, 1.82) is 0 Å². The van der Waals surface area contributed by atoms with Gasteiger partial charge in [-0.15, -0.1) is 10.2 Å². The fourth-order valence-electron chi connectivity index (χ4n) is 1.94. The minimum absolute atomic E-state index is 0.562. The Kier molecular flexibility index (Phi) is 4.66. The molecule has 0 spiro atoms. The highest BCUT2D eigenvalue weighted by Crippen LogP contribution is 2.28. The van der Waals surface area contributed by atoms with Gasteiger partial charge >= 0.3 is 0 Å². The lowest BCUT2D eigenvalue weighted by Gasteiger charge is -2.04. The lowest BCUT2D eigenvalue weighted by molar-refractivity contribution is 0.792. The summed E-state index contributed by atoms with van der Waals surface area (Å²) < 4.78 is 1.94. The minimum atomic E-state index is 0.562. The molecule has 2 aromatic heterocycles. The van der Waals surface area contributed by atoms with Gasteiger partial charge in [-0.2, -0.15) is 0 Å². The molecular formula is C15H12Cl2N4S. The Labute approximate surface area is 142 Å². The lowest BCUT2D eigenvalue weighted by Crippen LogP contribution is -1.96. The third kappa shape index (κ3) is 3.27. The summed E-state index contributed by atoms with van der Waals surface area (Å²) in [5, 5.41) is 10.4. The molecule has 7 heteroatoms. The van der Waals surface area contributed by atoms with Crippen LogP contribution in [0.4, 0.5) is 0 Å². The van der Waals surface area contributed by atoms with Crippen LogP contribution in [-0.2, 0) is 12.8 Å². The Morgan fingerprint density at radius 2 is 1.95 bits per heavy atom. The van der Waals surface area contributed by atoms with Crippen LogP contribution in [0.25, 0.3) is 11.5 Å². The fraction of sp³-hybridized carbons (Fsp3) is 0.133. The molecule has 0 aliphatic heterocycles. The molecule has 0 saturated heterocycles. The van der Waals surface area contributed by atoms with Gasteiger partial charge in [-0.05, 0) is 29.8 Å². The van der Waals surface area contributed by atoms with Crippen molar-refractivity contribution in [2.24, 2.45) is 7.05 Å². The summed E-state index contributed by atoms with van der Waals surface area (Å²) in [6.45, 7) is 0. The maximum atomic E-state index is 6.03. The number of halogens is 2. The van der Waals surface area contributed by atoms with Gasteiger partial charge in [0.25, 0.3) is 0 Å². The number of aromatic nitrogens is 4. The maximum Gasteiger partial charge on any atom is 0.191 e. The van der Waals surface area contributed by atoms with E-state index in [9.17, 15) is 0 Å². The standard InChI is InChI=1S/C15H12Cl2N4S/c1-21-14(13-4-2-3-7-18-13)19-20-15(21)22-9-10-5-6-11(16)12(17)8-10/h2-8H,9H2,1H3. The molecule has 1 aromatic carbocycles. The fourth-order valence-corrected chi connectivity index (χ4v) is 3.11. The van der Waals surface area contributed by atoms with Crippen LogP contribution in [0.2, 0.25) is 10.0 Å². The topological polar surface area (TPSA) is 43.6 Å². The van der Waals surface area contributed by atoms with Gasteiger partial charge < -0.3 is 4.57 Å². The monoisotopic (exact) mass is 350 g/mol. The number of hydrogen-bond acceptors (Lipinski definition) is 4. The van der Waals surface area contributed by atoms with Gasteiger partial charge in [-0.1, -0.05) is 47.1 Å². The Morgan fingerprint density at radius 1 is 1.09 bits per heavy atom. The van der Waals surface area contributed by atoms with Crippen LogP contribution in [0.3, 0.4) is 0 Å². The number of pyridine rings is 1. The summed E-state index contributed by atoms with van der Waals surface area (Å²) in [6, 6.07) is 11.3. The molecular weight excluding hydrogens is 339 g/mol. The van der Waals surface area contributed by atoms with Crippen LogP contribution in [0, 0.1) is 0 Å². The molecule has 0 N–H and O–H groups in total. The van der Waals surface area contributed by atoms with Gasteiger partial charge in [0, 0.05) is 19.0 Å². The normalized spacial score (nSPS) is 10.9. The molecule has 0 aliphatic rings. The summed E-state index contributed by atoms with van der Waals surface area (Å²) in [6.07, 6.45) is 1.74. The molecule has 0 amide bonds. The van der Waals surface area contributed by atoms with Crippen molar-refractivity contribution in [3.8, 4) is 11.5 Å². The Morgan fingerprint density at radius 3 is 2.68 bits per heavy atom. The second kappa shape index (κ2) is 6.69. The molecule has 2 heterocycles. The van der Waals surface area contributed by atoms with Gasteiger partial charge in [0.1, 0.15) is 5.69 Å². The molecule has 22 heavy (non-hydrogen) atoms. The van der Waals surface area contributed by atoms with Crippen molar-refractivity contribution in [3.63, 3.8) is 0 Å². The third-order valence-corrected chi connectivity index (χ3v) is 4.91. The second-order valence-corrected chi connectivity index (χ2v) is 6.37. The molecule has 0 saturated carbocycles. The minimum Gasteiger partial charge on any atom is -0.304 e. The lowest BCUT2D eigenvalue weighted by atomic mass is 10.2. The van der Waals surface area contributed by atoms with Gasteiger partial charge in [0.05, 0.1) is 10.0 Å². The Bertz CT molecular complexity index is 789. The van der Waals surface area contributed by atoms with E-state index in [4.69, 9.17) is 23.2 Å². The average molecular weight is 351 g/mol. The quantitative estimate of drug-likeness (QED) is 0.650. The number of rotatable bonds is 4. The van der Waals surface area contributed by atoms with E-state index in [-0.39, 0.29) is 0 Å². The molecule has 112 valence electrons. The highest BCUT2D eigenvalue weighted by molar-refractivity contribution is 7.98. The third-order valence-electron chi connectivity index (χ3n) is 3.08. The van der Waals surface area contributed by atoms with Crippen LogP contribution in [0.1, 0.15) is 5.56 Å². The number of thioether (sulfide) groups is 1. The van der Waals surface area contributed by atoms with E-state index < -0.39 is 0 Å². The number of hydrogen-bond donors (Lipinski definition) is 0. The second-order valence-electron chi connectivity index (χ2n) is 4.62. The molecule has 4 nitrogen and oxygen atoms in total. The first-order valence-electron chi connectivity index (χ1n) is 6.52. The highest BCUT2D eigenvalue weighted by Gasteiger charge is 2.12. The molecule has 0 atom stereocenters. The van der Waals surface area contributed by atoms with E-state index in [0.29, 0.717) is 10.0 Å². The van der Waals surface area contributed by atoms with E-state index in [1.165, 1.54) is 0 Å². The average Bonchev–Trinajstić information content (AvgIpc) is 2.90. The zero-order valence-electron chi connectivity index (χ0n) is 11.7. The summed E-state index contributed by atoms with van der Waals surface area (Å²) >= 11 is 13.5. The summed E-state index contributed by atoms with van der Waals surface area (Å²) in [7, 11) is 1.93. The molecule has 3 rings (SSSR count). The van der Waals surface area contributed by atoms with Crippen molar-refractivity contribution < 1.29 is 0 Å². The largest absolute Gasteiger partial charge is 0.304 e. The van der Waals surface area contributed by atoms with E-state index in [2.05, 4.69) is 15.2 Å². The first kappa shape index (κ1) is 15.3. The van der Waals surface area contributed by atoms with E-state index in [0.717, 1.165) is 28.0 Å². The predicted octanol–water partition coefficient (Wildman–Crippen LogP) is 4.48. The first-order chi connectivity index (χ1) is 10.6. The molecule has 3 aromatic rings. The SMILES string of the molecule is Cn1c(SCc2ccc(Cl)c(Cl)c2)nnc1-c1ccccn1. The highest BCUT2D eigenvalue weighted by atomic mass is 35.5. The zero-order chi connectivity index (χ0) is 15.5. The summed E-state index contributed by atoms with van der Waals surface area (Å²) in [5.41, 5.74) is 1.89. The molecule has 0 aliphatic carbocycles. The van der Waals surface area contributed by atoms with Crippen LogP contribution < -0.4 is 0 Å². The molecule has 0 unspecified atom stereocenters. The van der Waals surface area contributed by atoms with Gasteiger partial charge in [-0.25, -0.2) is 0 Å². The van der Waals surface area contributed by atoms with Crippen molar-refractivity contribution in [2.45, 2.75) is 10.9 Å². The number of nitrogens with zero attached hydrogens (tertiary/aromatic N) is 4. The van der Waals surface area contributed by atoms with Crippen LogP contribution >= 0.6 is 35.0 Å². The summed E-state index contributed by atoms with van der Waals surface area (Å²) in [5.74, 6) is 1.49. The van der Waals surface area contributed by atoms with Crippen LogP contribution in [0.5, 0.6) is 0 Å². The predicted molar refractivity (Wildman–Crippen MR) is 90.3 cm³/mol. The van der Waals surface area contributed by atoms with Crippen molar-refractivity contribution in [2.75, 3.05) is 0 Å². The van der Waals surface area contributed by atoms with Gasteiger partial charge in [-0.3, -0.25) is 4.98 Å². The maximum absolute atomic E-state index is 6.03. The smallest absolute Gasteiger partial charge is 0.191 e. The first-order valence-corrected chi connectivity index (χ1v) is 8.27. The van der Waals surface area contributed by atoms with Gasteiger partial charge in [0.15, 0.2) is 11.0 Å². The molecule has 0 fully saturated rings. The molecule has 0 radical (unpaired) electrons.